The smallest absolute Gasteiger partial charge is 0.258 e. The third-order valence-electron chi connectivity index (χ3n) is 2.62. The number of nitrogens with zero attached hydrogens (tertiary/aromatic N) is 1. The normalized spacial score (nSPS) is 14.0. The predicted octanol–water partition coefficient (Wildman–Crippen LogP) is 0.532. The highest BCUT2D eigenvalue weighted by molar-refractivity contribution is 6.37. The number of carboxylic acids is 1. The van der Waals surface area contributed by atoms with Gasteiger partial charge in [-0.25, -0.2) is 4.90 Å². The number of rotatable bonds is 4. The van der Waals surface area contributed by atoms with E-state index in [0.717, 1.165) is 23.1 Å². The number of ether oxygens (including phenoxy) is 1. The number of aromatic carboxylic acids is 1. The number of carbonyl (C=O) groups excluding carboxylic acids is 3. The van der Waals surface area contributed by atoms with Gasteiger partial charge in [-0.2, -0.15) is 0 Å². The van der Waals surface area contributed by atoms with Crippen LogP contribution in [0.1, 0.15) is 17.3 Å². The van der Waals surface area contributed by atoms with E-state index in [-0.39, 0.29) is 28.6 Å². The first-order chi connectivity index (χ1) is 9.45. The van der Waals surface area contributed by atoms with E-state index in [1.807, 2.05) is 0 Å². The van der Waals surface area contributed by atoms with Crippen LogP contribution in [-0.2, 0) is 9.59 Å². The van der Waals surface area contributed by atoms with Crippen LogP contribution in [0.2, 0.25) is 5.02 Å². The third-order valence-corrected chi connectivity index (χ3v) is 2.92. The summed E-state index contributed by atoms with van der Waals surface area (Å²) in [5.41, 5.74) is -0.173. The van der Waals surface area contributed by atoms with Crippen LogP contribution in [0.4, 0.5) is 5.69 Å². The van der Waals surface area contributed by atoms with Crippen LogP contribution < -0.4 is 14.7 Å². The van der Waals surface area contributed by atoms with Crippen molar-refractivity contribution in [2.45, 2.75) is 6.92 Å². The van der Waals surface area contributed by atoms with E-state index in [9.17, 15) is 19.5 Å². The van der Waals surface area contributed by atoms with Crippen LogP contribution in [0.3, 0.4) is 0 Å². The van der Waals surface area contributed by atoms with E-state index >= 15 is 0 Å². The summed E-state index contributed by atoms with van der Waals surface area (Å²) in [6, 6.07) is 2.33. The standard InChI is InChI=1S/C13H10ClNO5/c1-2-20-10-6-9(8(14)5-7(10)13(18)19)15-11(16)3-4-12(15)17/h3-6H,2H2,1H3,(H,18,19)/p-1. The van der Waals surface area contributed by atoms with Gasteiger partial charge in [0.05, 0.1) is 23.3 Å². The van der Waals surface area contributed by atoms with E-state index in [4.69, 9.17) is 16.3 Å². The molecule has 0 fully saturated rings. The Kier molecular flexibility index (Phi) is 3.76. The molecule has 0 N–H and O–H groups in total. The maximum atomic E-state index is 11.6. The number of halogens is 1. The molecule has 0 aliphatic carbocycles. The van der Waals surface area contributed by atoms with Crippen molar-refractivity contribution in [3.8, 4) is 5.75 Å². The maximum absolute atomic E-state index is 11.6. The highest BCUT2D eigenvalue weighted by Gasteiger charge is 2.28. The molecule has 20 heavy (non-hydrogen) atoms. The van der Waals surface area contributed by atoms with Gasteiger partial charge in [0, 0.05) is 23.8 Å². The minimum Gasteiger partial charge on any atom is -0.545 e. The largest absolute Gasteiger partial charge is 0.545 e. The molecule has 1 aromatic carbocycles. The zero-order valence-corrected chi connectivity index (χ0v) is 11.1. The van der Waals surface area contributed by atoms with Crippen LogP contribution >= 0.6 is 11.6 Å². The summed E-state index contributed by atoms with van der Waals surface area (Å²) in [5, 5.41) is 10.9. The first-order valence-corrected chi connectivity index (χ1v) is 6.07. The van der Waals surface area contributed by atoms with Gasteiger partial charge in [0.25, 0.3) is 11.8 Å². The van der Waals surface area contributed by atoms with Crippen LogP contribution in [0.5, 0.6) is 5.75 Å². The molecule has 0 spiro atoms. The number of carbonyl (C=O) groups is 3. The molecule has 104 valence electrons. The van der Waals surface area contributed by atoms with Gasteiger partial charge in [-0.05, 0) is 13.0 Å². The lowest BCUT2D eigenvalue weighted by Gasteiger charge is -2.19. The van der Waals surface area contributed by atoms with Gasteiger partial charge in [-0.3, -0.25) is 9.59 Å². The summed E-state index contributed by atoms with van der Waals surface area (Å²) in [4.78, 5) is 35.1. The van der Waals surface area contributed by atoms with Gasteiger partial charge < -0.3 is 14.6 Å². The second-order valence-electron chi connectivity index (χ2n) is 3.87. The van der Waals surface area contributed by atoms with Gasteiger partial charge in [-0.1, -0.05) is 11.6 Å². The fourth-order valence-electron chi connectivity index (χ4n) is 1.79. The number of hydrogen-bond donors (Lipinski definition) is 0. The van der Waals surface area contributed by atoms with E-state index in [2.05, 4.69) is 0 Å². The Labute approximate surface area is 119 Å². The minimum atomic E-state index is -1.46. The van der Waals surface area contributed by atoms with Gasteiger partial charge in [0.15, 0.2) is 0 Å². The van der Waals surface area contributed by atoms with Crippen molar-refractivity contribution in [3.63, 3.8) is 0 Å². The van der Waals surface area contributed by atoms with Gasteiger partial charge in [-0.15, -0.1) is 0 Å². The van der Waals surface area contributed by atoms with Gasteiger partial charge in [0.2, 0.25) is 0 Å². The average molecular weight is 295 g/mol. The van der Waals surface area contributed by atoms with E-state index in [1.165, 1.54) is 6.07 Å². The summed E-state index contributed by atoms with van der Waals surface area (Å²) in [7, 11) is 0. The van der Waals surface area contributed by atoms with E-state index in [0.29, 0.717) is 0 Å². The maximum Gasteiger partial charge on any atom is 0.258 e. The molecule has 0 aromatic heterocycles. The molecule has 0 radical (unpaired) electrons. The minimum absolute atomic E-state index is 0.0144. The Morgan fingerprint density at radius 1 is 1.30 bits per heavy atom. The first-order valence-electron chi connectivity index (χ1n) is 5.69. The van der Waals surface area contributed by atoms with Gasteiger partial charge >= 0.3 is 0 Å². The van der Waals surface area contributed by atoms with Crippen molar-refractivity contribution in [1.82, 2.24) is 0 Å². The number of imide groups is 1. The summed E-state index contributed by atoms with van der Waals surface area (Å²) in [6.07, 6.45) is 2.21. The molecule has 6 nitrogen and oxygen atoms in total. The number of benzene rings is 1. The lowest BCUT2D eigenvalue weighted by atomic mass is 10.1. The lowest BCUT2D eigenvalue weighted by Crippen LogP contribution is -2.30. The molecule has 0 unspecified atom stereocenters. The monoisotopic (exact) mass is 294 g/mol. The highest BCUT2D eigenvalue weighted by atomic mass is 35.5. The highest BCUT2D eigenvalue weighted by Crippen LogP contribution is 2.34. The van der Waals surface area contributed by atoms with E-state index < -0.39 is 17.8 Å². The topological polar surface area (TPSA) is 86.7 Å². The second kappa shape index (κ2) is 5.34. The molecular weight excluding hydrogens is 286 g/mol. The number of amides is 2. The number of carboxylic acid groups (broad SMARTS) is 1. The summed E-state index contributed by atoms with van der Waals surface area (Å²) in [5.74, 6) is -2.58. The zero-order valence-electron chi connectivity index (χ0n) is 10.4. The Morgan fingerprint density at radius 3 is 2.40 bits per heavy atom. The molecule has 0 bridgehead atoms. The molecule has 2 amide bonds. The molecular formula is C13H9ClNO5-. The first kappa shape index (κ1) is 14.1. The third kappa shape index (κ3) is 2.37. The number of anilines is 1. The van der Waals surface area contributed by atoms with Gasteiger partial charge in [0.1, 0.15) is 5.75 Å². The number of hydrogen-bond acceptors (Lipinski definition) is 5. The fourth-order valence-corrected chi connectivity index (χ4v) is 2.03. The van der Waals surface area contributed by atoms with Crippen LogP contribution in [0, 0.1) is 0 Å². The fraction of sp³-hybridized carbons (Fsp3) is 0.154. The van der Waals surface area contributed by atoms with Crippen LogP contribution in [-0.4, -0.2) is 24.4 Å². The summed E-state index contributed by atoms with van der Waals surface area (Å²) >= 11 is 5.94. The second-order valence-corrected chi connectivity index (χ2v) is 4.27. The molecule has 0 atom stereocenters. The lowest BCUT2D eigenvalue weighted by molar-refractivity contribution is -0.255. The van der Waals surface area contributed by atoms with Crippen molar-refractivity contribution in [2.75, 3.05) is 11.5 Å². The molecule has 1 aromatic rings. The molecule has 1 aliphatic heterocycles. The van der Waals surface area contributed by atoms with E-state index in [1.54, 1.807) is 6.92 Å². The molecule has 1 aliphatic rings. The Morgan fingerprint density at radius 2 is 1.90 bits per heavy atom. The van der Waals surface area contributed by atoms with Crippen molar-refractivity contribution in [3.05, 3.63) is 34.9 Å². The quantitative estimate of drug-likeness (QED) is 0.756. The SMILES string of the molecule is CCOc1cc(N2C(=O)C=CC2=O)c(Cl)cc1C(=O)[O-]. The summed E-state index contributed by atoms with van der Waals surface area (Å²) in [6.45, 7) is 1.88. The Hall–Kier alpha value is -2.34. The molecule has 1 heterocycles. The Balaban J connectivity index is 2.55. The molecule has 0 saturated carbocycles. The predicted molar refractivity (Wildman–Crippen MR) is 68.6 cm³/mol. The van der Waals surface area contributed by atoms with Crippen molar-refractivity contribution in [2.24, 2.45) is 0 Å². The summed E-state index contributed by atoms with van der Waals surface area (Å²) < 4.78 is 5.17. The average Bonchev–Trinajstić information content (AvgIpc) is 2.71. The zero-order chi connectivity index (χ0) is 14.9. The molecule has 2 rings (SSSR count). The van der Waals surface area contributed by atoms with Crippen molar-refractivity contribution >= 4 is 35.1 Å². The van der Waals surface area contributed by atoms with Crippen LogP contribution in [0.25, 0.3) is 0 Å². The van der Waals surface area contributed by atoms with Crippen molar-refractivity contribution in [1.29, 1.82) is 0 Å². The molecule has 0 saturated heterocycles. The van der Waals surface area contributed by atoms with Crippen molar-refractivity contribution < 1.29 is 24.2 Å². The molecule has 7 heteroatoms. The Bertz CT molecular complexity index is 620. The van der Waals surface area contributed by atoms with Crippen LogP contribution in [0.15, 0.2) is 24.3 Å².